The molecule has 0 aliphatic carbocycles. The molecule has 0 aromatic carbocycles. The third-order valence-electron chi connectivity index (χ3n) is 7.42. The van der Waals surface area contributed by atoms with Crippen molar-refractivity contribution >= 4 is 0 Å². The molecule has 0 bridgehead atoms. The first-order valence-electron chi connectivity index (χ1n) is 12.7. The fourth-order valence-electron chi connectivity index (χ4n) is 3.53. The van der Waals surface area contributed by atoms with Crippen LogP contribution in [-0.2, 0) is 0 Å². The van der Waals surface area contributed by atoms with Crippen LogP contribution in [0.2, 0.25) is 0 Å². The van der Waals surface area contributed by atoms with Crippen molar-refractivity contribution in [3.8, 4) is 0 Å². The highest BCUT2D eigenvalue weighted by molar-refractivity contribution is 5.24. The van der Waals surface area contributed by atoms with Gasteiger partial charge < -0.3 is 0 Å². The predicted octanol–water partition coefficient (Wildman–Crippen LogP) is 13.6. The van der Waals surface area contributed by atoms with Crippen LogP contribution in [0.1, 0.15) is 0 Å². The normalized spacial score (nSPS) is 17.5. The average molecular weight is 1030 g/mol. The molecule has 0 saturated carbocycles. The van der Waals surface area contributed by atoms with Gasteiger partial charge in [-0.3, -0.25) is 0 Å². The number of alkyl halides is 39. The van der Waals surface area contributed by atoms with Gasteiger partial charge in [0, 0.05) is 0 Å². The molecular formula is C21F41. The topological polar surface area (TPSA) is 0 Å². The maximum Gasteiger partial charge on any atom is 0.460 e. The van der Waals surface area contributed by atoms with Crippen molar-refractivity contribution in [2.24, 2.45) is 0 Å². The molecule has 0 aromatic rings. The van der Waals surface area contributed by atoms with Crippen molar-refractivity contribution in [3.63, 3.8) is 0 Å². The van der Waals surface area contributed by atoms with Crippen LogP contribution < -0.4 is 0 Å². The van der Waals surface area contributed by atoms with E-state index in [0.29, 0.717) is 0 Å². The van der Waals surface area contributed by atoms with Crippen LogP contribution in [0.25, 0.3) is 0 Å². The van der Waals surface area contributed by atoms with Gasteiger partial charge in [0.15, 0.2) is 6.33 Å². The summed E-state index contributed by atoms with van der Waals surface area (Å²) >= 11 is 0. The molecule has 0 aliphatic heterocycles. The van der Waals surface area contributed by atoms with Gasteiger partial charge in [0.1, 0.15) is 0 Å². The molecular weight excluding hydrogens is 1030 g/mol. The minimum Gasteiger partial charge on any atom is -0.201 e. The van der Waals surface area contributed by atoms with Gasteiger partial charge in [-0.2, -0.15) is 171 Å². The molecule has 0 heterocycles. The van der Waals surface area contributed by atoms with Gasteiger partial charge >= 0.3 is 113 Å². The van der Waals surface area contributed by atoms with E-state index in [4.69, 9.17) is 0 Å². The van der Waals surface area contributed by atoms with Gasteiger partial charge in [-0.15, -0.1) is 0 Å². The van der Waals surface area contributed by atoms with Crippen LogP contribution in [0.5, 0.6) is 0 Å². The molecule has 0 spiro atoms. The smallest absolute Gasteiger partial charge is 0.201 e. The molecule has 0 saturated heterocycles. The number of allylic oxidation sites excluding steroid dienone is 1. The van der Waals surface area contributed by atoms with E-state index in [1.807, 2.05) is 0 Å². The van der Waals surface area contributed by atoms with Gasteiger partial charge in [-0.25, -0.2) is 8.78 Å². The average Bonchev–Trinajstić information content (AvgIpc) is 3.05. The largest absolute Gasteiger partial charge is 0.460 e. The molecule has 0 aliphatic rings. The molecule has 0 unspecified atom stereocenters. The number of hydrogen-bond donors (Lipinski definition) is 0. The summed E-state index contributed by atoms with van der Waals surface area (Å²) < 4.78 is 551. The van der Waals surface area contributed by atoms with E-state index in [9.17, 15) is 180 Å². The number of hydrogen-bond acceptors (Lipinski definition) is 0. The lowest BCUT2D eigenvalue weighted by molar-refractivity contribution is -0.494. The zero-order valence-electron chi connectivity index (χ0n) is 26.0. The Kier molecular flexibility index (Phi) is 13.5. The van der Waals surface area contributed by atoms with Gasteiger partial charge in [-0.05, 0) is 0 Å². The van der Waals surface area contributed by atoms with E-state index in [0.717, 1.165) is 0 Å². The van der Waals surface area contributed by atoms with E-state index in [1.165, 1.54) is 0 Å². The van der Waals surface area contributed by atoms with Gasteiger partial charge in [0.2, 0.25) is 5.83 Å². The summed E-state index contributed by atoms with van der Waals surface area (Å²) in [4.78, 5) is 0. The molecule has 0 atom stereocenters. The van der Waals surface area contributed by atoms with E-state index >= 15 is 0 Å². The Morgan fingerprint density at radius 2 is 0.306 bits per heavy atom. The van der Waals surface area contributed by atoms with Crippen LogP contribution in [0.4, 0.5) is 180 Å². The highest BCUT2D eigenvalue weighted by Crippen LogP contribution is 2.71. The summed E-state index contributed by atoms with van der Waals surface area (Å²) in [5.74, 6) is -185. The third-order valence-corrected chi connectivity index (χ3v) is 7.42. The van der Waals surface area contributed by atoms with Crippen LogP contribution in [0.15, 0.2) is 5.83 Å². The Balaban J connectivity index is 7.98. The Bertz CT molecular complexity index is 1660. The quantitative estimate of drug-likeness (QED) is 0.120. The molecule has 1 radical (unpaired) electrons. The molecule has 0 fully saturated rings. The lowest BCUT2D eigenvalue weighted by atomic mass is 9.82. The third kappa shape index (κ3) is 6.38. The predicted molar refractivity (Wildman–Crippen MR) is 104 cm³/mol. The van der Waals surface area contributed by atoms with Gasteiger partial charge in [0.05, 0.1) is 0 Å². The Hall–Kier alpha value is -3.13. The number of halogens is 41. The highest BCUT2D eigenvalue weighted by Gasteiger charge is 3.03. The van der Waals surface area contributed by atoms with E-state index in [-0.39, 0.29) is 0 Å². The maximum atomic E-state index is 13.9. The van der Waals surface area contributed by atoms with Crippen molar-refractivity contribution < 1.29 is 180 Å². The molecule has 41 heteroatoms. The fraction of sp³-hybridized carbons (Fsp3) is 0.905. The van der Waals surface area contributed by atoms with Crippen LogP contribution >= 0.6 is 0 Å². The monoisotopic (exact) mass is 1030 g/mol. The van der Waals surface area contributed by atoms with Crippen molar-refractivity contribution in [2.75, 3.05) is 0 Å². The Morgan fingerprint density at radius 1 is 0.194 bits per heavy atom. The van der Waals surface area contributed by atoms with E-state index in [2.05, 4.69) is 0 Å². The van der Waals surface area contributed by atoms with Crippen LogP contribution in [-0.4, -0.2) is 113 Å². The summed E-state index contributed by atoms with van der Waals surface area (Å²) in [5, 5.41) is 0. The van der Waals surface area contributed by atoms with Gasteiger partial charge in [0.25, 0.3) is 0 Å². The highest BCUT2D eigenvalue weighted by atomic mass is 19.4. The fourth-order valence-corrected chi connectivity index (χ4v) is 3.53. The Morgan fingerprint density at radius 3 is 0.419 bits per heavy atom. The SMILES string of the molecule is F/[C]=C(\F)C(F)(F)C(F)(F)C(F)(F)C(F)(F)C(F)(F)C(F)(F)C(F)(F)C(F)(F)C(F)(F)C(F)(F)C(F)(F)C(F)(F)C(F)(F)C(F)(F)C(F)(F)C(F)(F)C(F)(F)C(F)(F)C(F)(F)F. The van der Waals surface area contributed by atoms with Crippen molar-refractivity contribution in [3.05, 3.63) is 12.2 Å². The first-order valence-corrected chi connectivity index (χ1v) is 12.7. The minimum absolute atomic E-state index is 1.49. The summed E-state index contributed by atoms with van der Waals surface area (Å²) in [5.41, 5.74) is 0. The molecule has 62 heavy (non-hydrogen) atoms. The maximum absolute atomic E-state index is 13.9. The second kappa shape index (κ2) is 14.2. The molecule has 0 amide bonds. The minimum atomic E-state index is -10.6. The van der Waals surface area contributed by atoms with E-state index < -0.39 is 125 Å². The van der Waals surface area contributed by atoms with E-state index in [1.54, 1.807) is 0 Å². The zero-order chi connectivity index (χ0) is 51.8. The Labute approximate surface area is 306 Å². The molecule has 0 aromatic heterocycles. The standard InChI is InChI=1S/C21F41/c22-1-2(23)3(24,25)4(26,27)5(28,29)6(30,31)7(32,33)8(34,35)9(36,37)10(38,39)11(40,41)12(42,43)13(44,45)14(46,47)15(48,49)16(50,51)17(52,53)18(54,55)19(56,57)20(58,59)21(60,61)62. The van der Waals surface area contributed by atoms with Crippen molar-refractivity contribution in [2.45, 2.75) is 113 Å². The van der Waals surface area contributed by atoms with Crippen LogP contribution in [0.3, 0.4) is 0 Å². The number of rotatable bonds is 18. The summed E-state index contributed by atoms with van der Waals surface area (Å²) in [7, 11) is 0. The lowest BCUT2D eigenvalue weighted by Gasteiger charge is -2.47. The van der Waals surface area contributed by atoms with Crippen molar-refractivity contribution in [1.82, 2.24) is 0 Å². The van der Waals surface area contributed by atoms with Crippen molar-refractivity contribution in [1.29, 1.82) is 0 Å². The molecule has 371 valence electrons. The first-order chi connectivity index (χ1) is 26.0. The van der Waals surface area contributed by atoms with Crippen LogP contribution in [0, 0.1) is 6.33 Å². The molecule has 0 rings (SSSR count). The second-order valence-corrected chi connectivity index (χ2v) is 11.2. The second-order valence-electron chi connectivity index (χ2n) is 11.2. The summed E-state index contributed by atoms with van der Waals surface area (Å²) in [6, 6.07) is 0. The molecule has 0 N–H and O–H groups in total. The summed E-state index contributed by atoms with van der Waals surface area (Å²) in [6.45, 7) is 0. The molecule has 0 nitrogen and oxygen atoms in total. The zero-order valence-corrected chi connectivity index (χ0v) is 26.0. The van der Waals surface area contributed by atoms with Gasteiger partial charge in [-0.1, -0.05) is 0 Å². The summed E-state index contributed by atoms with van der Waals surface area (Å²) in [6.07, 6.45) is -10.0. The lowest BCUT2D eigenvalue weighted by Crippen LogP contribution is -2.80. The first kappa shape index (κ1) is 58.9.